The summed E-state index contributed by atoms with van der Waals surface area (Å²) in [4.78, 5) is 17.6. The molecule has 1 amide bonds. The van der Waals surface area contributed by atoms with E-state index >= 15 is 0 Å². The van der Waals surface area contributed by atoms with E-state index in [1.54, 1.807) is 11.3 Å². The highest BCUT2D eigenvalue weighted by Crippen LogP contribution is 2.31. The van der Waals surface area contributed by atoms with Crippen molar-refractivity contribution in [2.75, 3.05) is 0 Å². The first-order chi connectivity index (χ1) is 14.4. The summed E-state index contributed by atoms with van der Waals surface area (Å²) in [7, 11) is 0. The van der Waals surface area contributed by atoms with Gasteiger partial charge in [0.25, 0.3) is 5.91 Å². The number of hydrogen-bond donors (Lipinski definition) is 1. The summed E-state index contributed by atoms with van der Waals surface area (Å²) in [6, 6.07) is 14.0. The Morgan fingerprint density at radius 1 is 1.17 bits per heavy atom. The van der Waals surface area contributed by atoms with Crippen LogP contribution in [-0.4, -0.2) is 31.2 Å². The van der Waals surface area contributed by atoms with Crippen molar-refractivity contribution in [1.29, 1.82) is 0 Å². The van der Waals surface area contributed by atoms with Crippen molar-refractivity contribution in [1.82, 2.24) is 25.1 Å². The van der Waals surface area contributed by atoms with E-state index in [1.165, 1.54) is 18.0 Å². The standard InChI is InChI=1S/C21H21N5O2S2/c1-21(2,3)23-19(27)15-12-28-17(22-15)13-30-20-25-24-18(16-10-7-11-29-16)26(20)14-8-5-4-6-9-14/h4-12H,13H2,1-3H3,(H,23,27). The number of thiophene rings is 1. The summed E-state index contributed by atoms with van der Waals surface area (Å²) < 4.78 is 7.52. The number of aromatic nitrogens is 4. The van der Waals surface area contributed by atoms with Crippen LogP contribution in [0.15, 0.2) is 63.7 Å². The molecule has 0 saturated carbocycles. The second-order valence-electron chi connectivity index (χ2n) is 7.57. The Kier molecular flexibility index (Phi) is 5.74. The second kappa shape index (κ2) is 8.45. The maximum Gasteiger partial charge on any atom is 0.273 e. The van der Waals surface area contributed by atoms with Crippen LogP contribution in [-0.2, 0) is 5.75 Å². The first-order valence-electron chi connectivity index (χ1n) is 9.35. The number of hydrogen-bond acceptors (Lipinski definition) is 7. The van der Waals surface area contributed by atoms with Crippen molar-refractivity contribution >= 4 is 29.0 Å². The highest BCUT2D eigenvalue weighted by atomic mass is 32.2. The van der Waals surface area contributed by atoms with Crippen LogP contribution in [0, 0.1) is 0 Å². The molecule has 0 aliphatic heterocycles. The molecule has 154 valence electrons. The number of amides is 1. The average molecular weight is 440 g/mol. The van der Waals surface area contributed by atoms with Crippen molar-refractivity contribution < 1.29 is 9.21 Å². The Labute approximate surface area is 182 Å². The highest BCUT2D eigenvalue weighted by molar-refractivity contribution is 7.98. The lowest BCUT2D eigenvalue weighted by Crippen LogP contribution is -2.40. The lowest BCUT2D eigenvalue weighted by atomic mass is 10.1. The monoisotopic (exact) mass is 439 g/mol. The van der Waals surface area contributed by atoms with E-state index < -0.39 is 0 Å². The number of nitrogens with zero attached hydrogens (tertiary/aromatic N) is 4. The summed E-state index contributed by atoms with van der Waals surface area (Å²) >= 11 is 3.07. The number of oxazole rings is 1. The molecule has 4 aromatic rings. The minimum Gasteiger partial charge on any atom is -0.447 e. The zero-order chi connectivity index (χ0) is 21.1. The van der Waals surface area contributed by atoms with Gasteiger partial charge in [0.1, 0.15) is 6.26 Å². The minimum absolute atomic E-state index is 0.255. The van der Waals surface area contributed by atoms with E-state index in [0.29, 0.717) is 11.6 Å². The molecule has 30 heavy (non-hydrogen) atoms. The summed E-state index contributed by atoms with van der Waals surface area (Å²) in [5.41, 5.74) is 0.908. The molecule has 0 saturated heterocycles. The van der Waals surface area contributed by atoms with Crippen molar-refractivity contribution in [3.63, 3.8) is 0 Å². The topological polar surface area (TPSA) is 85.8 Å². The van der Waals surface area contributed by atoms with Gasteiger partial charge in [-0.25, -0.2) is 4.98 Å². The van der Waals surface area contributed by atoms with Gasteiger partial charge in [-0.1, -0.05) is 36.0 Å². The third-order valence-electron chi connectivity index (χ3n) is 3.99. The smallest absolute Gasteiger partial charge is 0.273 e. The molecule has 3 heterocycles. The minimum atomic E-state index is -0.338. The van der Waals surface area contributed by atoms with Crippen LogP contribution in [0.5, 0.6) is 0 Å². The van der Waals surface area contributed by atoms with Crippen LogP contribution in [0.3, 0.4) is 0 Å². The van der Waals surface area contributed by atoms with Crippen molar-refractivity contribution in [3.05, 3.63) is 65.7 Å². The number of thioether (sulfide) groups is 1. The fraction of sp³-hybridized carbons (Fsp3) is 0.238. The van der Waals surface area contributed by atoms with E-state index in [-0.39, 0.29) is 17.1 Å². The number of rotatable bonds is 6. The van der Waals surface area contributed by atoms with E-state index in [9.17, 15) is 4.79 Å². The van der Waals surface area contributed by atoms with Crippen LogP contribution < -0.4 is 5.32 Å². The fourth-order valence-electron chi connectivity index (χ4n) is 2.75. The van der Waals surface area contributed by atoms with Gasteiger partial charge in [-0.15, -0.1) is 21.5 Å². The number of carbonyl (C=O) groups excluding carboxylic acids is 1. The summed E-state index contributed by atoms with van der Waals surface area (Å²) in [6.07, 6.45) is 1.38. The Hall–Kier alpha value is -2.91. The zero-order valence-corrected chi connectivity index (χ0v) is 18.5. The van der Waals surface area contributed by atoms with E-state index in [1.807, 2.05) is 73.2 Å². The average Bonchev–Trinajstić information content (AvgIpc) is 3.45. The summed E-state index contributed by atoms with van der Waals surface area (Å²) in [5.74, 6) is 1.42. The van der Waals surface area contributed by atoms with Crippen molar-refractivity contribution in [2.45, 2.75) is 37.2 Å². The third-order valence-corrected chi connectivity index (χ3v) is 5.77. The SMILES string of the molecule is CC(C)(C)NC(=O)c1coc(CSc2nnc(-c3cccs3)n2-c2ccccc2)n1. The molecular formula is C21H21N5O2S2. The zero-order valence-electron chi connectivity index (χ0n) is 16.8. The van der Waals surface area contributed by atoms with Crippen LogP contribution >= 0.6 is 23.1 Å². The van der Waals surface area contributed by atoms with Crippen LogP contribution in [0.1, 0.15) is 37.2 Å². The summed E-state index contributed by atoms with van der Waals surface area (Å²) in [5, 5.41) is 14.4. The lowest BCUT2D eigenvalue weighted by molar-refractivity contribution is 0.0914. The van der Waals surface area contributed by atoms with E-state index in [0.717, 1.165) is 21.5 Å². The number of nitrogens with one attached hydrogen (secondary N) is 1. The molecular weight excluding hydrogens is 418 g/mol. The lowest BCUT2D eigenvalue weighted by Gasteiger charge is -2.19. The van der Waals surface area contributed by atoms with Crippen LogP contribution in [0.2, 0.25) is 0 Å². The molecule has 0 atom stereocenters. The van der Waals surface area contributed by atoms with Gasteiger partial charge in [-0.05, 0) is 44.4 Å². The molecule has 3 aromatic heterocycles. The summed E-state index contributed by atoms with van der Waals surface area (Å²) in [6.45, 7) is 5.76. The Balaban J connectivity index is 1.56. The first-order valence-corrected chi connectivity index (χ1v) is 11.2. The largest absolute Gasteiger partial charge is 0.447 e. The number of para-hydroxylation sites is 1. The molecule has 1 aromatic carbocycles. The van der Waals surface area contributed by atoms with Crippen LogP contribution in [0.25, 0.3) is 16.4 Å². The molecule has 0 spiro atoms. The van der Waals surface area contributed by atoms with Gasteiger partial charge in [0.05, 0.1) is 10.6 Å². The van der Waals surface area contributed by atoms with Crippen molar-refractivity contribution in [3.8, 4) is 16.4 Å². The molecule has 7 nitrogen and oxygen atoms in total. The van der Waals surface area contributed by atoms with Gasteiger partial charge in [0, 0.05) is 11.2 Å². The van der Waals surface area contributed by atoms with Gasteiger partial charge in [0.15, 0.2) is 16.7 Å². The molecule has 0 unspecified atom stereocenters. The van der Waals surface area contributed by atoms with E-state index in [4.69, 9.17) is 4.42 Å². The predicted octanol–water partition coefficient (Wildman–Crippen LogP) is 4.80. The second-order valence-corrected chi connectivity index (χ2v) is 9.46. The number of benzene rings is 1. The van der Waals surface area contributed by atoms with E-state index in [2.05, 4.69) is 20.5 Å². The quantitative estimate of drug-likeness (QED) is 0.434. The predicted molar refractivity (Wildman–Crippen MR) is 118 cm³/mol. The third kappa shape index (κ3) is 4.63. The van der Waals surface area contributed by atoms with Gasteiger partial charge in [0.2, 0.25) is 5.89 Å². The molecule has 0 fully saturated rings. The van der Waals surface area contributed by atoms with Gasteiger partial charge in [-0.3, -0.25) is 9.36 Å². The maximum atomic E-state index is 12.3. The van der Waals surface area contributed by atoms with Crippen LogP contribution in [0.4, 0.5) is 0 Å². The normalized spacial score (nSPS) is 11.6. The van der Waals surface area contributed by atoms with Gasteiger partial charge >= 0.3 is 0 Å². The first kappa shape index (κ1) is 20.4. The molecule has 0 bridgehead atoms. The Morgan fingerprint density at radius 3 is 2.67 bits per heavy atom. The maximum absolute atomic E-state index is 12.3. The molecule has 0 aliphatic carbocycles. The van der Waals surface area contributed by atoms with Gasteiger partial charge in [-0.2, -0.15) is 0 Å². The number of carbonyl (C=O) groups is 1. The van der Waals surface area contributed by atoms with Crippen molar-refractivity contribution in [2.24, 2.45) is 0 Å². The molecule has 9 heteroatoms. The highest BCUT2D eigenvalue weighted by Gasteiger charge is 2.20. The Bertz CT molecular complexity index is 1130. The molecule has 0 radical (unpaired) electrons. The molecule has 4 rings (SSSR count). The Morgan fingerprint density at radius 2 is 1.97 bits per heavy atom. The molecule has 0 aliphatic rings. The fourth-order valence-corrected chi connectivity index (χ4v) is 4.25. The molecule has 1 N–H and O–H groups in total. The van der Waals surface area contributed by atoms with Gasteiger partial charge < -0.3 is 9.73 Å².